The first-order valence-corrected chi connectivity index (χ1v) is 11.9. The van der Waals surface area contributed by atoms with Gasteiger partial charge in [0.2, 0.25) is 9.84 Å². The van der Waals surface area contributed by atoms with Gasteiger partial charge < -0.3 is 9.88 Å². The van der Waals surface area contributed by atoms with E-state index in [1.54, 1.807) is 36.7 Å². The monoisotopic (exact) mass is 432 g/mol. The van der Waals surface area contributed by atoms with Crippen LogP contribution in [0.3, 0.4) is 0 Å². The minimum absolute atomic E-state index is 0.264. The summed E-state index contributed by atoms with van der Waals surface area (Å²) in [6, 6.07) is 21.0. The van der Waals surface area contributed by atoms with Gasteiger partial charge in [0.25, 0.3) is 0 Å². The molecule has 0 aliphatic carbocycles. The molecule has 0 atom stereocenters. The van der Waals surface area contributed by atoms with Crippen LogP contribution in [0.2, 0.25) is 0 Å². The lowest BCUT2D eigenvalue weighted by atomic mass is 10.2. The normalized spacial score (nSPS) is 15.4. The van der Waals surface area contributed by atoms with Crippen LogP contribution < -0.4 is 4.90 Å². The number of benzene rings is 2. The van der Waals surface area contributed by atoms with E-state index < -0.39 is 9.84 Å². The molecule has 2 aromatic carbocycles. The van der Waals surface area contributed by atoms with Crippen LogP contribution in [-0.4, -0.2) is 49.5 Å². The summed E-state index contributed by atoms with van der Waals surface area (Å²) in [5.41, 5.74) is 2.11. The van der Waals surface area contributed by atoms with E-state index in [-0.39, 0.29) is 9.79 Å². The van der Waals surface area contributed by atoms with E-state index in [0.717, 1.165) is 44.1 Å². The van der Waals surface area contributed by atoms with Crippen molar-refractivity contribution in [2.24, 2.45) is 0 Å². The molecule has 2 aromatic heterocycles. The maximum atomic E-state index is 13.0. The molecule has 0 bridgehead atoms. The van der Waals surface area contributed by atoms with E-state index in [0.29, 0.717) is 5.39 Å². The first-order chi connectivity index (χ1) is 15.1. The number of hydrogen-bond donors (Lipinski definition) is 1. The quantitative estimate of drug-likeness (QED) is 0.521. The van der Waals surface area contributed by atoms with Crippen LogP contribution in [0.15, 0.2) is 88.9 Å². The molecule has 0 saturated carbocycles. The van der Waals surface area contributed by atoms with E-state index in [4.69, 9.17) is 0 Å². The third kappa shape index (κ3) is 3.94. The van der Waals surface area contributed by atoms with E-state index in [2.05, 4.69) is 44.0 Å². The number of hydrogen-bond acceptors (Lipinski definition) is 5. The third-order valence-electron chi connectivity index (χ3n) is 5.80. The van der Waals surface area contributed by atoms with Crippen molar-refractivity contribution in [2.45, 2.75) is 16.3 Å². The number of piperazine rings is 1. The standard InChI is InChI=1S/C24H24N4O2S/c29-31(30,20-9-5-2-6-10-20)23-17-25-22-15-24(26-16-21(22)23)28-13-11-27(12-14-28)18-19-7-3-1-4-8-19/h1-10,15-17,25H,11-14,18H2. The van der Waals surface area contributed by atoms with Gasteiger partial charge >= 0.3 is 0 Å². The van der Waals surface area contributed by atoms with Crippen molar-refractivity contribution in [1.29, 1.82) is 0 Å². The van der Waals surface area contributed by atoms with Crippen molar-refractivity contribution < 1.29 is 8.42 Å². The topological polar surface area (TPSA) is 69.3 Å². The Morgan fingerprint density at radius 3 is 2.29 bits per heavy atom. The second-order valence-corrected chi connectivity index (χ2v) is 9.72. The molecule has 31 heavy (non-hydrogen) atoms. The maximum absolute atomic E-state index is 13.0. The van der Waals surface area contributed by atoms with E-state index in [1.807, 2.05) is 18.2 Å². The highest BCUT2D eigenvalue weighted by atomic mass is 32.2. The van der Waals surface area contributed by atoms with Crippen LogP contribution in [0.1, 0.15) is 5.56 Å². The minimum atomic E-state index is -3.59. The molecule has 5 rings (SSSR count). The van der Waals surface area contributed by atoms with Gasteiger partial charge in [-0.25, -0.2) is 13.4 Å². The zero-order valence-corrected chi connectivity index (χ0v) is 17.9. The molecule has 0 radical (unpaired) electrons. The summed E-state index contributed by atoms with van der Waals surface area (Å²) in [5.74, 6) is 0.873. The molecule has 158 valence electrons. The summed E-state index contributed by atoms with van der Waals surface area (Å²) >= 11 is 0. The van der Waals surface area contributed by atoms with E-state index >= 15 is 0 Å². The van der Waals surface area contributed by atoms with Gasteiger partial charge in [0.1, 0.15) is 5.82 Å². The number of anilines is 1. The van der Waals surface area contributed by atoms with E-state index in [1.165, 1.54) is 5.56 Å². The number of fused-ring (bicyclic) bond motifs is 1. The molecule has 1 saturated heterocycles. The highest BCUT2D eigenvalue weighted by Crippen LogP contribution is 2.29. The lowest BCUT2D eigenvalue weighted by Gasteiger charge is -2.35. The lowest BCUT2D eigenvalue weighted by Crippen LogP contribution is -2.46. The number of pyridine rings is 1. The summed E-state index contributed by atoms with van der Waals surface area (Å²) < 4.78 is 26.0. The predicted molar refractivity (Wildman–Crippen MR) is 122 cm³/mol. The van der Waals surface area contributed by atoms with Crippen molar-refractivity contribution in [3.8, 4) is 0 Å². The highest BCUT2D eigenvalue weighted by molar-refractivity contribution is 7.91. The number of nitrogens with zero attached hydrogens (tertiary/aromatic N) is 3. The molecule has 0 spiro atoms. The zero-order chi connectivity index (χ0) is 21.3. The Balaban J connectivity index is 1.33. The molecule has 7 heteroatoms. The minimum Gasteiger partial charge on any atom is -0.360 e. The Morgan fingerprint density at radius 1 is 0.903 bits per heavy atom. The Labute approximate surface area is 182 Å². The van der Waals surface area contributed by atoms with Crippen LogP contribution in [0.4, 0.5) is 5.82 Å². The van der Waals surface area contributed by atoms with Gasteiger partial charge in [0.15, 0.2) is 0 Å². The molecule has 0 amide bonds. The van der Waals surface area contributed by atoms with E-state index in [9.17, 15) is 8.42 Å². The first-order valence-electron chi connectivity index (χ1n) is 10.4. The SMILES string of the molecule is O=S(=O)(c1ccccc1)c1c[nH]c2cc(N3CCN(Cc4ccccc4)CC3)ncc12. The van der Waals surface area contributed by atoms with Gasteiger partial charge in [-0.1, -0.05) is 48.5 Å². The average Bonchev–Trinajstić information content (AvgIpc) is 3.25. The number of aromatic nitrogens is 2. The molecule has 1 N–H and O–H groups in total. The molecular formula is C24H24N4O2S. The zero-order valence-electron chi connectivity index (χ0n) is 17.1. The second-order valence-electron chi connectivity index (χ2n) is 7.81. The summed E-state index contributed by atoms with van der Waals surface area (Å²) in [4.78, 5) is 13.0. The van der Waals surface area contributed by atoms with Crippen molar-refractivity contribution in [2.75, 3.05) is 31.1 Å². The summed E-state index contributed by atoms with van der Waals surface area (Å²) in [7, 11) is -3.59. The van der Waals surface area contributed by atoms with Gasteiger partial charge in [-0.2, -0.15) is 0 Å². The summed E-state index contributed by atoms with van der Waals surface area (Å²) in [6.07, 6.45) is 3.24. The van der Waals surface area contributed by atoms with Crippen LogP contribution in [0.5, 0.6) is 0 Å². The fourth-order valence-electron chi connectivity index (χ4n) is 4.08. The van der Waals surface area contributed by atoms with Crippen molar-refractivity contribution in [3.63, 3.8) is 0 Å². The molecule has 1 fully saturated rings. The summed E-state index contributed by atoms with van der Waals surface area (Å²) in [6.45, 7) is 4.67. The van der Waals surface area contributed by atoms with Gasteiger partial charge in [0.05, 0.1) is 15.3 Å². The first kappa shape index (κ1) is 19.8. The number of rotatable bonds is 5. The Bertz CT molecular complexity index is 1280. The molecule has 1 aliphatic heterocycles. The maximum Gasteiger partial charge on any atom is 0.208 e. The Kier molecular flexibility index (Phi) is 5.21. The molecule has 4 aromatic rings. The summed E-state index contributed by atoms with van der Waals surface area (Å²) in [5, 5.41) is 0.621. The molecule has 6 nitrogen and oxygen atoms in total. The average molecular weight is 433 g/mol. The van der Waals surface area contributed by atoms with Crippen molar-refractivity contribution in [3.05, 3.63) is 84.7 Å². The fourth-order valence-corrected chi connectivity index (χ4v) is 5.52. The predicted octanol–water partition coefficient (Wildman–Crippen LogP) is 3.72. The Hall–Kier alpha value is -3.16. The Morgan fingerprint density at radius 2 is 1.58 bits per heavy atom. The highest BCUT2D eigenvalue weighted by Gasteiger charge is 2.23. The molecule has 1 aliphatic rings. The number of nitrogens with one attached hydrogen (secondary N) is 1. The van der Waals surface area contributed by atoms with Crippen LogP contribution in [0, 0.1) is 0 Å². The van der Waals surface area contributed by atoms with Gasteiger partial charge in [-0.15, -0.1) is 0 Å². The molecule has 0 unspecified atom stereocenters. The fraction of sp³-hybridized carbons (Fsp3) is 0.208. The van der Waals surface area contributed by atoms with Gasteiger partial charge in [-0.3, -0.25) is 4.90 Å². The number of aromatic amines is 1. The van der Waals surface area contributed by atoms with Crippen molar-refractivity contribution >= 4 is 26.6 Å². The third-order valence-corrected chi connectivity index (χ3v) is 7.61. The smallest absolute Gasteiger partial charge is 0.208 e. The lowest BCUT2D eigenvalue weighted by molar-refractivity contribution is 0.249. The van der Waals surface area contributed by atoms with Gasteiger partial charge in [0, 0.05) is 56.6 Å². The molecule has 3 heterocycles. The van der Waals surface area contributed by atoms with Gasteiger partial charge in [-0.05, 0) is 17.7 Å². The number of H-pyrrole nitrogens is 1. The van der Waals surface area contributed by atoms with Crippen LogP contribution >= 0.6 is 0 Å². The van der Waals surface area contributed by atoms with Crippen molar-refractivity contribution in [1.82, 2.24) is 14.9 Å². The van der Waals surface area contributed by atoms with Crippen LogP contribution in [-0.2, 0) is 16.4 Å². The number of sulfone groups is 1. The second kappa shape index (κ2) is 8.17. The van der Waals surface area contributed by atoms with Crippen LogP contribution in [0.25, 0.3) is 10.9 Å². The molecular weight excluding hydrogens is 408 g/mol. The largest absolute Gasteiger partial charge is 0.360 e.